The number of hydrogen-bond acceptors (Lipinski definition) is 5. The third-order valence-electron chi connectivity index (χ3n) is 2.55. The molecule has 1 fully saturated rings. The lowest BCUT2D eigenvalue weighted by molar-refractivity contribution is -0.167. The molecule has 0 bridgehead atoms. The third kappa shape index (κ3) is 3.06. The first-order chi connectivity index (χ1) is 8.49. The number of aliphatic carboxylic acids is 1. The molecule has 1 N–H and O–H groups in total. The van der Waals surface area contributed by atoms with Crippen LogP contribution in [0.1, 0.15) is 32.6 Å². The Bertz CT molecular complexity index is 362. The van der Waals surface area contributed by atoms with Crippen molar-refractivity contribution in [1.82, 2.24) is 4.90 Å². The molecule has 7 heteroatoms. The first-order valence-corrected chi connectivity index (χ1v) is 5.73. The van der Waals surface area contributed by atoms with Gasteiger partial charge in [0.1, 0.15) is 0 Å². The standard InChI is InChI=1S/C11H15NO6/c1-2-3-6-18-11(17)9(10(15)16)12-7(13)4-5-8(12)14/h9H,2-6H2,1H3,(H,15,16). The largest absolute Gasteiger partial charge is 0.479 e. The average molecular weight is 257 g/mol. The van der Waals surface area contributed by atoms with Gasteiger partial charge in [-0.3, -0.25) is 14.5 Å². The molecule has 1 atom stereocenters. The van der Waals surface area contributed by atoms with Crippen molar-refractivity contribution >= 4 is 23.8 Å². The minimum Gasteiger partial charge on any atom is -0.479 e. The molecule has 1 aliphatic rings. The van der Waals surface area contributed by atoms with Crippen LogP contribution >= 0.6 is 0 Å². The molecule has 1 aliphatic heterocycles. The van der Waals surface area contributed by atoms with Crippen molar-refractivity contribution in [1.29, 1.82) is 0 Å². The Morgan fingerprint density at radius 3 is 2.33 bits per heavy atom. The van der Waals surface area contributed by atoms with Crippen LogP contribution in [0.5, 0.6) is 0 Å². The fraction of sp³-hybridized carbons (Fsp3) is 0.636. The Balaban J connectivity index is 2.76. The SMILES string of the molecule is CCCCOC(=O)C(C(=O)O)N1C(=O)CCC1=O. The number of amides is 2. The van der Waals surface area contributed by atoms with Gasteiger partial charge in [0, 0.05) is 12.8 Å². The van der Waals surface area contributed by atoms with E-state index in [1.807, 2.05) is 6.92 Å². The van der Waals surface area contributed by atoms with Crippen molar-refractivity contribution in [3.05, 3.63) is 0 Å². The number of hydrogen-bond donors (Lipinski definition) is 1. The number of carboxylic acids is 1. The van der Waals surface area contributed by atoms with Gasteiger partial charge in [-0.25, -0.2) is 9.59 Å². The van der Waals surface area contributed by atoms with Crippen LogP contribution in [0.3, 0.4) is 0 Å². The van der Waals surface area contributed by atoms with E-state index in [0.29, 0.717) is 11.3 Å². The highest BCUT2D eigenvalue weighted by atomic mass is 16.5. The van der Waals surface area contributed by atoms with E-state index >= 15 is 0 Å². The van der Waals surface area contributed by atoms with E-state index in [2.05, 4.69) is 0 Å². The van der Waals surface area contributed by atoms with E-state index < -0.39 is 29.8 Å². The molecule has 100 valence electrons. The molecule has 0 aromatic rings. The second-order valence-corrected chi connectivity index (χ2v) is 3.92. The van der Waals surface area contributed by atoms with E-state index in [9.17, 15) is 19.2 Å². The van der Waals surface area contributed by atoms with Crippen molar-refractivity contribution in [2.75, 3.05) is 6.61 Å². The van der Waals surface area contributed by atoms with Gasteiger partial charge >= 0.3 is 11.9 Å². The highest BCUT2D eigenvalue weighted by Gasteiger charge is 2.44. The monoisotopic (exact) mass is 257 g/mol. The first kappa shape index (κ1) is 14.1. The zero-order valence-electron chi connectivity index (χ0n) is 10.0. The summed E-state index contributed by atoms with van der Waals surface area (Å²) < 4.78 is 4.75. The van der Waals surface area contributed by atoms with E-state index in [-0.39, 0.29) is 19.4 Å². The summed E-state index contributed by atoms with van der Waals surface area (Å²) in [7, 11) is 0. The molecule has 7 nitrogen and oxygen atoms in total. The normalized spacial score (nSPS) is 16.8. The smallest absolute Gasteiger partial charge is 0.341 e. The van der Waals surface area contributed by atoms with E-state index in [1.165, 1.54) is 0 Å². The van der Waals surface area contributed by atoms with Gasteiger partial charge in [0.25, 0.3) is 0 Å². The molecule has 1 heterocycles. The van der Waals surface area contributed by atoms with E-state index in [4.69, 9.17) is 9.84 Å². The van der Waals surface area contributed by atoms with Gasteiger partial charge in [-0.05, 0) is 6.42 Å². The molecule has 0 aromatic carbocycles. The number of likely N-dealkylation sites (tertiary alicyclic amines) is 1. The molecular formula is C11H15NO6. The summed E-state index contributed by atoms with van der Waals surface area (Å²) in [5, 5.41) is 8.95. The Hall–Kier alpha value is -1.92. The summed E-state index contributed by atoms with van der Waals surface area (Å²) in [6, 6.07) is -1.86. The van der Waals surface area contributed by atoms with Crippen molar-refractivity contribution in [3.8, 4) is 0 Å². The Morgan fingerprint density at radius 2 is 1.89 bits per heavy atom. The number of carbonyl (C=O) groups excluding carboxylic acids is 3. The third-order valence-corrected chi connectivity index (χ3v) is 2.55. The van der Waals surface area contributed by atoms with Gasteiger partial charge in [-0.15, -0.1) is 0 Å². The molecular weight excluding hydrogens is 242 g/mol. The second-order valence-electron chi connectivity index (χ2n) is 3.92. The van der Waals surface area contributed by atoms with Crippen LogP contribution in [0, 0.1) is 0 Å². The predicted molar refractivity (Wildman–Crippen MR) is 58.4 cm³/mol. The maximum Gasteiger partial charge on any atom is 0.341 e. The number of nitrogens with zero attached hydrogens (tertiary/aromatic N) is 1. The van der Waals surface area contributed by atoms with Crippen molar-refractivity contribution < 1.29 is 29.0 Å². The highest BCUT2D eigenvalue weighted by Crippen LogP contribution is 2.16. The second kappa shape index (κ2) is 6.13. The molecule has 1 saturated heterocycles. The Labute approximate surface area is 104 Å². The van der Waals surface area contributed by atoms with E-state index in [1.54, 1.807) is 0 Å². The minimum absolute atomic E-state index is 0.0646. The van der Waals surface area contributed by atoms with Crippen LogP contribution in [-0.2, 0) is 23.9 Å². The summed E-state index contributed by atoms with van der Waals surface area (Å²) in [6.45, 7) is 1.96. The zero-order chi connectivity index (χ0) is 13.7. The number of unbranched alkanes of at least 4 members (excludes halogenated alkanes) is 1. The molecule has 0 saturated carbocycles. The summed E-state index contributed by atoms with van der Waals surface area (Å²) >= 11 is 0. The van der Waals surface area contributed by atoms with E-state index in [0.717, 1.165) is 6.42 Å². The molecule has 2 amide bonds. The molecule has 0 radical (unpaired) electrons. The summed E-state index contributed by atoms with van der Waals surface area (Å²) in [4.78, 5) is 45.9. The van der Waals surface area contributed by atoms with Crippen LogP contribution < -0.4 is 0 Å². The molecule has 0 aliphatic carbocycles. The van der Waals surface area contributed by atoms with Crippen LogP contribution in [0.15, 0.2) is 0 Å². The summed E-state index contributed by atoms with van der Waals surface area (Å²) in [6.07, 6.45) is 1.25. The fourth-order valence-electron chi connectivity index (χ4n) is 1.59. The summed E-state index contributed by atoms with van der Waals surface area (Å²) in [5.41, 5.74) is 0. The van der Waals surface area contributed by atoms with Gasteiger partial charge in [0.2, 0.25) is 17.9 Å². The zero-order valence-corrected chi connectivity index (χ0v) is 10.0. The molecule has 1 rings (SSSR count). The predicted octanol–water partition coefficient (Wildman–Crippen LogP) is -0.0681. The first-order valence-electron chi connectivity index (χ1n) is 5.73. The number of esters is 1. The minimum atomic E-state index is -1.86. The topological polar surface area (TPSA) is 101 Å². The molecule has 1 unspecified atom stereocenters. The Kier molecular flexibility index (Phi) is 4.82. The fourth-order valence-corrected chi connectivity index (χ4v) is 1.59. The highest BCUT2D eigenvalue weighted by molar-refractivity contribution is 6.11. The summed E-state index contributed by atoms with van der Waals surface area (Å²) in [5.74, 6) is -3.93. The van der Waals surface area contributed by atoms with Gasteiger partial charge in [0.15, 0.2) is 0 Å². The van der Waals surface area contributed by atoms with Gasteiger partial charge in [-0.1, -0.05) is 13.3 Å². The molecule has 0 spiro atoms. The van der Waals surface area contributed by atoms with Crippen LogP contribution in [-0.4, -0.2) is 46.4 Å². The lowest BCUT2D eigenvalue weighted by atomic mass is 10.2. The van der Waals surface area contributed by atoms with Crippen LogP contribution in [0.2, 0.25) is 0 Å². The maximum atomic E-state index is 11.6. The van der Waals surface area contributed by atoms with Crippen LogP contribution in [0.25, 0.3) is 0 Å². The quantitative estimate of drug-likeness (QED) is 0.309. The number of carbonyl (C=O) groups is 4. The average Bonchev–Trinajstić information content (AvgIpc) is 2.61. The van der Waals surface area contributed by atoms with Gasteiger partial charge < -0.3 is 9.84 Å². The van der Waals surface area contributed by atoms with Crippen molar-refractivity contribution in [3.63, 3.8) is 0 Å². The lowest BCUT2D eigenvalue weighted by Crippen LogP contribution is -2.50. The van der Waals surface area contributed by atoms with Gasteiger partial charge in [-0.2, -0.15) is 0 Å². The van der Waals surface area contributed by atoms with Gasteiger partial charge in [0.05, 0.1) is 6.61 Å². The molecule has 18 heavy (non-hydrogen) atoms. The maximum absolute atomic E-state index is 11.6. The molecule has 0 aromatic heterocycles. The number of ether oxygens (including phenoxy) is 1. The van der Waals surface area contributed by atoms with Crippen LogP contribution in [0.4, 0.5) is 0 Å². The number of rotatable bonds is 6. The lowest BCUT2D eigenvalue weighted by Gasteiger charge is -2.20. The Morgan fingerprint density at radius 1 is 1.33 bits per heavy atom. The van der Waals surface area contributed by atoms with Crippen molar-refractivity contribution in [2.45, 2.75) is 38.6 Å². The van der Waals surface area contributed by atoms with Crippen molar-refractivity contribution in [2.24, 2.45) is 0 Å². The number of imide groups is 1. The number of carboxylic acid groups (broad SMARTS) is 1.